The predicted octanol–water partition coefficient (Wildman–Crippen LogP) is 2.90. The molecule has 0 aliphatic rings. The topological polar surface area (TPSA) is 116 Å². The number of hydrogen-bond acceptors (Lipinski definition) is 5. The van der Waals surface area contributed by atoms with E-state index in [1.807, 2.05) is 36.2 Å². The van der Waals surface area contributed by atoms with Crippen LogP contribution in [0.5, 0.6) is 5.75 Å². The summed E-state index contributed by atoms with van der Waals surface area (Å²) in [6, 6.07) is 16.3. The zero-order chi connectivity index (χ0) is 24.3. The SMILES string of the molecule is COc1ccc(CNC(=O)CN(C)Cc2ccc(C(C)(C)C)cc2)cc1.O=C(O)C(=O)O. The van der Waals surface area contributed by atoms with E-state index >= 15 is 0 Å². The molecular weight excluding hydrogens is 412 g/mol. The van der Waals surface area contributed by atoms with Crippen molar-refractivity contribution in [2.45, 2.75) is 39.3 Å². The summed E-state index contributed by atoms with van der Waals surface area (Å²) < 4.78 is 5.14. The highest BCUT2D eigenvalue weighted by Crippen LogP contribution is 2.22. The summed E-state index contributed by atoms with van der Waals surface area (Å²) in [6.07, 6.45) is 0. The molecule has 0 radical (unpaired) electrons. The Morgan fingerprint density at radius 3 is 1.84 bits per heavy atom. The predicted molar refractivity (Wildman–Crippen MR) is 122 cm³/mol. The first-order valence-electron chi connectivity index (χ1n) is 10.1. The second-order valence-corrected chi connectivity index (χ2v) is 8.35. The van der Waals surface area contributed by atoms with Crippen molar-refractivity contribution in [1.82, 2.24) is 10.2 Å². The van der Waals surface area contributed by atoms with Gasteiger partial charge in [-0.3, -0.25) is 9.69 Å². The number of likely N-dealkylation sites (N-methyl/N-ethyl adjacent to an activating group) is 1. The highest BCUT2D eigenvalue weighted by molar-refractivity contribution is 6.27. The van der Waals surface area contributed by atoms with Gasteiger partial charge in [0.1, 0.15) is 5.75 Å². The highest BCUT2D eigenvalue weighted by Gasteiger charge is 2.13. The molecule has 0 atom stereocenters. The Kier molecular flexibility index (Phi) is 10.4. The minimum Gasteiger partial charge on any atom is -0.497 e. The summed E-state index contributed by atoms with van der Waals surface area (Å²) in [5, 5.41) is 17.7. The van der Waals surface area contributed by atoms with Crippen molar-refractivity contribution in [1.29, 1.82) is 0 Å². The van der Waals surface area contributed by atoms with E-state index in [-0.39, 0.29) is 11.3 Å². The Bertz CT molecular complexity index is 874. The largest absolute Gasteiger partial charge is 0.497 e. The Labute approximate surface area is 188 Å². The molecule has 0 heterocycles. The maximum Gasteiger partial charge on any atom is 0.414 e. The second-order valence-electron chi connectivity index (χ2n) is 8.35. The van der Waals surface area contributed by atoms with Crippen LogP contribution in [0.2, 0.25) is 0 Å². The molecule has 0 bridgehead atoms. The van der Waals surface area contributed by atoms with Crippen molar-refractivity contribution in [3.8, 4) is 5.75 Å². The van der Waals surface area contributed by atoms with Crippen molar-refractivity contribution in [2.75, 3.05) is 20.7 Å². The van der Waals surface area contributed by atoms with Crippen molar-refractivity contribution in [3.05, 3.63) is 65.2 Å². The Morgan fingerprint density at radius 2 is 1.41 bits per heavy atom. The van der Waals surface area contributed by atoms with Gasteiger partial charge in [-0.25, -0.2) is 9.59 Å². The molecule has 0 spiro atoms. The van der Waals surface area contributed by atoms with Gasteiger partial charge in [0.2, 0.25) is 5.91 Å². The maximum absolute atomic E-state index is 12.1. The number of carboxylic acid groups (broad SMARTS) is 2. The Hall–Kier alpha value is -3.39. The van der Waals surface area contributed by atoms with Crippen LogP contribution in [0.1, 0.15) is 37.5 Å². The van der Waals surface area contributed by atoms with Gasteiger partial charge in [0.25, 0.3) is 0 Å². The van der Waals surface area contributed by atoms with E-state index < -0.39 is 11.9 Å². The molecule has 0 aromatic heterocycles. The number of rotatable bonds is 7. The minimum atomic E-state index is -1.82. The van der Waals surface area contributed by atoms with Gasteiger partial charge in [0.15, 0.2) is 0 Å². The molecule has 0 saturated heterocycles. The third kappa shape index (κ3) is 10.1. The molecule has 174 valence electrons. The zero-order valence-electron chi connectivity index (χ0n) is 19.2. The summed E-state index contributed by atoms with van der Waals surface area (Å²) in [6.45, 7) is 8.28. The van der Waals surface area contributed by atoms with Gasteiger partial charge >= 0.3 is 11.9 Å². The smallest absolute Gasteiger partial charge is 0.414 e. The number of methoxy groups -OCH3 is 1. The lowest BCUT2D eigenvalue weighted by Crippen LogP contribution is -2.34. The van der Waals surface area contributed by atoms with Crippen molar-refractivity contribution >= 4 is 17.8 Å². The van der Waals surface area contributed by atoms with Gasteiger partial charge in [0.05, 0.1) is 13.7 Å². The quantitative estimate of drug-likeness (QED) is 0.562. The molecule has 8 nitrogen and oxygen atoms in total. The lowest BCUT2D eigenvalue weighted by atomic mass is 9.87. The van der Waals surface area contributed by atoms with Crippen molar-refractivity contribution in [2.24, 2.45) is 0 Å². The maximum atomic E-state index is 12.1. The number of aliphatic carboxylic acids is 2. The average molecular weight is 445 g/mol. The zero-order valence-corrected chi connectivity index (χ0v) is 19.2. The fourth-order valence-corrected chi connectivity index (χ4v) is 2.72. The van der Waals surface area contributed by atoms with Gasteiger partial charge in [-0.1, -0.05) is 57.2 Å². The van der Waals surface area contributed by atoms with Crippen molar-refractivity contribution in [3.63, 3.8) is 0 Å². The monoisotopic (exact) mass is 444 g/mol. The van der Waals surface area contributed by atoms with Crippen LogP contribution in [-0.4, -0.2) is 53.7 Å². The van der Waals surface area contributed by atoms with Gasteiger partial charge in [-0.2, -0.15) is 0 Å². The molecule has 0 aliphatic carbocycles. The number of nitrogens with one attached hydrogen (secondary N) is 1. The molecular formula is C24H32N2O6. The first-order chi connectivity index (χ1) is 14.9. The summed E-state index contributed by atoms with van der Waals surface area (Å²) in [7, 11) is 3.61. The molecule has 0 aliphatic heterocycles. The standard InChI is InChI=1S/C22H30N2O2.C2H2O4/c1-22(2,3)19-10-6-18(7-11-19)15-24(4)16-21(25)23-14-17-8-12-20(26-5)13-9-17;3-1(4)2(5)6/h6-13H,14-16H2,1-5H3,(H,23,25);(H,3,4)(H,5,6). The molecule has 2 rings (SSSR count). The molecule has 8 heteroatoms. The molecule has 3 N–H and O–H groups in total. The average Bonchev–Trinajstić information content (AvgIpc) is 2.72. The molecule has 2 aromatic rings. The first-order valence-corrected chi connectivity index (χ1v) is 10.1. The number of carbonyl (C=O) groups is 3. The van der Waals surface area contributed by atoms with E-state index in [1.165, 1.54) is 11.1 Å². The lowest BCUT2D eigenvalue weighted by Gasteiger charge is -2.20. The summed E-state index contributed by atoms with van der Waals surface area (Å²) >= 11 is 0. The summed E-state index contributed by atoms with van der Waals surface area (Å²) in [5.74, 6) is -2.81. The number of carbonyl (C=O) groups excluding carboxylic acids is 1. The van der Waals surface area contributed by atoms with E-state index in [4.69, 9.17) is 24.5 Å². The van der Waals surface area contributed by atoms with E-state index in [1.54, 1.807) is 7.11 Å². The summed E-state index contributed by atoms with van der Waals surface area (Å²) in [5.41, 5.74) is 3.75. The molecule has 2 aromatic carbocycles. The Morgan fingerprint density at radius 1 is 0.906 bits per heavy atom. The molecule has 0 unspecified atom stereocenters. The number of hydrogen-bond donors (Lipinski definition) is 3. The third-order valence-electron chi connectivity index (χ3n) is 4.52. The number of amides is 1. The fourth-order valence-electron chi connectivity index (χ4n) is 2.72. The van der Waals surface area contributed by atoms with Crippen LogP contribution in [-0.2, 0) is 32.9 Å². The van der Waals surface area contributed by atoms with Gasteiger partial charge in [-0.15, -0.1) is 0 Å². The van der Waals surface area contributed by atoms with Gasteiger partial charge in [0, 0.05) is 13.1 Å². The summed E-state index contributed by atoms with van der Waals surface area (Å²) in [4.78, 5) is 32.4. The number of nitrogens with zero attached hydrogens (tertiary/aromatic N) is 1. The first kappa shape index (κ1) is 26.6. The van der Waals surface area contributed by atoms with E-state index in [0.29, 0.717) is 13.1 Å². The van der Waals surface area contributed by atoms with E-state index in [2.05, 4.69) is 50.4 Å². The number of carboxylic acids is 2. The molecule has 0 fully saturated rings. The van der Waals surface area contributed by atoms with Crippen LogP contribution in [0.3, 0.4) is 0 Å². The van der Waals surface area contributed by atoms with Crippen LogP contribution in [0.4, 0.5) is 0 Å². The minimum absolute atomic E-state index is 0.0228. The van der Waals surface area contributed by atoms with Crippen LogP contribution in [0.25, 0.3) is 0 Å². The van der Waals surface area contributed by atoms with Gasteiger partial charge in [-0.05, 0) is 41.3 Å². The van der Waals surface area contributed by atoms with Crippen molar-refractivity contribution < 1.29 is 29.3 Å². The second kappa shape index (κ2) is 12.5. The van der Waals surface area contributed by atoms with E-state index in [9.17, 15) is 4.79 Å². The van der Waals surface area contributed by atoms with Crippen LogP contribution in [0.15, 0.2) is 48.5 Å². The van der Waals surface area contributed by atoms with Crippen LogP contribution < -0.4 is 10.1 Å². The molecule has 0 saturated carbocycles. The van der Waals surface area contributed by atoms with Crippen LogP contribution in [0, 0.1) is 0 Å². The lowest BCUT2D eigenvalue weighted by molar-refractivity contribution is -0.159. The number of benzene rings is 2. The Balaban J connectivity index is 0.000000751. The third-order valence-corrected chi connectivity index (χ3v) is 4.52. The van der Waals surface area contributed by atoms with Crippen LogP contribution >= 0.6 is 0 Å². The van der Waals surface area contributed by atoms with E-state index in [0.717, 1.165) is 17.9 Å². The number of ether oxygens (including phenoxy) is 1. The molecule has 32 heavy (non-hydrogen) atoms. The normalized spacial score (nSPS) is 10.7. The van der Waals surface area contributed by atoms with Gasteiger partial charge < -0.3 is 20.3 Å². The highest BCUT2D eigenvalue weighted by atomic mass is 16.5. The fraction of sp³-hybridized carbons (Fsp3) is 0.375. The molecule has 1 amide bonds.